The van der Waals surface area contributed by atoms with Crippen LogP contribution in [0.4, 0.5) is 22.7 Å². The lowest BCUT2D eigenvalue weighted by Crippen LogP contribution is -2.38. The molecule has 11 heteroatoms. The third-order valence-electron chi connectivity index (χ3n) is 4.96. The summed E-state index contributed by atoms with van der Waals surface area (Å²) in [7, 11) is 0. The van der Waals surface area contributed by atoms with Crippen LogP contribution in [0, 0.1) is 12.7 Å². The van der Waals surface area contributed by atoms with Crippen LogP contribution in [0.5, 0.6) is 0 Å². The van der Waals surface area contributed by atoms with Crippen LogP contribution in [-0.2, 0) is 11.0 Å². The highest BCUT2D eigenvalue weighted by molar-refractivity contribution is 8.15. The molecule has 0 saturated heterocycles. The summed E-state index contributed by atoms with van der Waals surface area (Å²) in [6, 6.07) is 11.8. The Morgan fingerprint density at radius 1 is 1.09 bits per heavy atom. The van der Waals surface area contributed by atoms with Crippen molar-refractivity contribution in [1.82, 2.24) is 10.2 Å². The van der Waals surface area contributed by atoms with Gasteiger partial charge in [0.1, 0.15) is 20.7 Å². The second-order valence-electron chi connectivity index (χ2n) is 7.15. The van der Waals surface area contributed by atoms with Crippen LogP contribution < -0.4 is 10.7 Å². The Morgan fingerprint density at radius 3 is 2.47 bits per heavy atom. The molecule has 3 aromatic rings. The molecule has 0 radical (unpaired) electrons. The van der Waals surface area contributed by atoms with E-state index in [1.165, 1.54) is 11.3 Å². The van der Waals surface area contributed by atoms with E-state index in [1.807, 2.05) is 30.3 Å². The van der Waals surface area contributed by atoms with Crippen molar-refractivity contribution in [3.8, 4) is 0 Å². The van der Waals surface area contributed by atoms with Crippen molar-refractivity contribution in [2.75, 3.05) is 11.6 Å². The minimum Gasteiger partial charge on any atom is -0.330 e. The zero-order chi connectivity index (χ0) is 22.9. The number of alkyl halides is 3. The summed E-state index contributed by atoms with van der Waals surface area (Å²) in [5, 5.41) is 15.6. The van der Waals surface area contributed by atoms with Gasteiger partial charge in [-0.1, -0.05) is 53.4 Å². The number of thioether (sulfide) groups is 1. The maximum Gasteiger partial charge on any atom is 0.417 e. The van der Waals surface area contributed by atoms with Crippen LogP contribution in [0.15, 0.2) is 53.6 Å². The molecule has 2 heterocycles. The van der Waals surface area contributed by atoms with E-state index in [9.17, 15) is 17.6 Å². The first-order chi connectivity index (χ1) is 15.2. The predicted octanol–water partition coefficient (Wildman–Crippen LogP) is 5.51. The van der Waals surface area contributed by atoms with Crippen LogP contribution >= 0.6 is 23.1 Å². The molecule has 1 unspecified atom stereocenters. The Morgan fingerprint density at radius 2 is 1.84 bits per heavy atom. The molecule has 4 rings (SSSR count). The SMILES string of the molecule is Cc1nnc(N2N=C(c3cc(F)ccc3C(F)(F)F)SC2(CCCN)c2ccccc2)s1. The molecule has 1 atom stereocenters. The van der Waals surface area contributed by atoms with Gasteiger partial charge in [0.25, 0.3) is 0 Å². The third-order valence-corrected chi connectivity index (χ3v) is 7.22. The molecule has 0 amide bonds. The van der Waals surface area contributed by atoms with Gasteiger partial charge in [-0.05, 0) is 50.1 Å². The molecule has 0 bridgehead atoms. The number of aromatic nitrogens is 2. The van der Waals surface area contributed by atoms with Crippen LogP contribution in [0.25, 0.3) is 0 Å². The molecular formula is C21H19F4N5S2. The summed E-state index contributed by atoms with van der Waals surface area (Å²) in [6.45, 7) is 2.18. The van der Waals surface area contributed by atoms with Crippen molar-refractivity contribution in [2.45, 2.75) is 30.8 Å². The Bertz CT molecular complexity index is 1130. The predicted molar refractivity (Wildman–Crippen MR) is 119 cm³/mol. The summed E-state index contributed by atoms with van der Waals surface area (Å²) >= 11 is 2.43. The Labute approximate surface area is 190 Å². The van der Waals surface area contributed by atoms with Gasteiger partial charge < -0.3 is 5.73 Å². The van der Waals surface area contributed by atoms with Crippen molar-refractivity contribution < 1.29 is 17.6 Å². The van der Waals surface area contributed by atoms with Gasteiger partial charge >= 0.3 is 6.18 Å². The van der Waals surface area contributed by atoms with Gasteiger partial charge in [0.2, 0.25) is 5.13 Å². The molecule has 0 saturated carbocycles. The molecule has 32 heavy (non-hydrogen) atoms. The second kappa shape index (κ2) is 8.80. The Hall–Kier alpha value is -2.50. The fourth-order valence-electron chi connectivity index (χ4n) is 3.54. The van der Waals surface area contributed by atoms with Crippen LogP contribution in [0.1, 0.15) is 34.5 Å². The van der Waals surface area contributed by atoms with Gasteiger partial charge in [0.05, 0.1) is 5.56 Å². The van der Waals surface area contributed by atoms with E-state index in [0.717, 1.165) is 35.5 Å². The van der Waals surface area contributed by atoms with Crippen molar-refractivity contribution in [3.05, 3.63) is 76.0 Å². The molecule has 2 aromatic carbocycles. The quantitative estimate of drug-likeness (QED) is 0.470. The largest absolute Gasteiger partial charge is 0.417 e. The second-order valence-corrected chi connectivity index (χ2v) is 9.58. The number of rotatable bonds is 6. The first-order valence-corrected chi connectivity index (χ1v) is 11.4. The van der Waals surface area contributed by atoms with Crippen molar-refractivity contribution in [2.24, 2.45) is 10.8 Å². The first-order valence-electron chi connectivity index (χ1n) is 9.75. The number of nitrogens with two attached hydrogens (primary N) is 1. The molecule has 1 aliphatic rings. The van der Waals surface area contributed by atoms with Gasteiger partial charge in [-0.15, -0.1) is 10.2 Å². The van der Waals surface area contributed by atoms with Gasteiger partial charge in [0.15, 0.2) is 0 Å². The van der Waals surface area contributed by atoms with Crippen LogP contribution in [-0.4, -0.2) is 21.8 Å². The van der Waals surface area contributed by atoms with Crippen molar-refractivity contribution >= 4 is 33.3 Å². The van der Waals surface area contributed by atoms with Gasteiger partial charge in [0, 0.05) is 5.56 Å². The highest BCUT2D eigenvalue weighted by Crippen LogP contribution is 2.53. The lowest BCUT2D eigenvalue weighted by atomic mass is 10.0. The summed E-state index contributed by atoms with van der Waals surface area (Å²) in [5.41, 5.74) is 5.37. The highest BCUT2D eigenvalue weighted by Gasteiger charge is 2.48. The minimum atomic E-state index is -4.66. The lowest BCUT2D eigenvalue weighted by Gasteiger charge is -2.35. The van der Waals surface area contributed by atoms with Crippen molar-refractivity contribution in [1.29, 1.82) is 0 Å². The molecule has 1 aromatic heterocycles. The number of halogens is 4. The van der Waals surface area contributed by atoms with E-state index in [4.69, 9.17) is 5.73 Å². The molecule has 0 fully saturated rings. The number of aryl methyl sites for hydroxylation is 1. The molecule has 2 N–H and O–H groups in total. The van der Waals surface area contributed by atoms with Gasteiger partial charge in [-0.2, -0.15) is 18.3 Å². The fraction of sp³-hybridized carbons (Fsp3) is 0.286. The number of hydrazone groups is 1. The molecule has 0 aliphatic carbocycles. The van der Waals surface area contributed by atoms with E-state index in [-0.39, 0.29) is 10.6 Å². The monoisotopic (exact) mass is 481 g/mol. The minimum absolute atomic E-state index is 0.0607. The molecule has 0 spiro atoms. The summed E-state index contributed by atoms with van der Waals surface area (Å²) in [4.78, 5) is -0.906. The number of nitrogens with zero attached hydrogens (tertiary/aromatic N) is 4. The van der Waals surface area contributed by atoms with E-state index >= 15 is 0 Å². The first kappa shape index (κ1) is 22.7. The fourth-order valence-corrected chi connectivity index (χ4v) is 5.74. The maximum atomic E-state index is 14.0. The number of hydrogen-bond donors (Lipinski definition) is 1. The third kappa shape index (κ3) is 4.24. The summed E-state index contributed by atoms with van der Waals surface area (Å²) in [6.07, 6.45) is -3.58. The van der Waals surface area contributed by atoms with Crippen LogP contribution in [0.2, 0.25) is 0 Å². The summed E-state index contributed by atoms with van der Waals surface area (Å²) < 4.78 is 55.3. The summed E-state index contributed by atoms with van der Waals surface area (Å²) in [5.74, 6) is -0.770. The average Bonchev–Trinajstić information content (AvgIpc) is 3.36. The van der Waals surface area contributed by atoms with E-state index < -0.39 is 22.4 Å². The maximum absolute atomic E-state index is 14.0. The zero-order valence-corrected chi connectivity index (χ0v) is 18.6. The van der Waals surface area contributed by atoms with E-state index in [2.05, 4.69) is 15.3 Å². The topological polar surface area (TPSA) is 67.4 Å². The molecule has 168 valence electrons. The van der Waals surface area contributed by atoms with Gasteiger partial charge in [-0.25, -0.2) is 9.40 Å². The normalized spacial score (nSPS) is 18.8. The molecule has 5 nitrogen and oxygen atoms in total. The van der Waals surface area contributed by atoms with E-state index in [1.54, 1.807) is 11.9 Å². The number of hydrogen-bond acceptors (Lipinski definition) is 7. The molecule has 1 aliphatic heterocycles. The Kier molecular flexibility index (Phi) is 6.24. The number of benzene rings is 2. The lowest BCUT2D eigenvalue weighted by molar-refractivity contribution is -0.137. The average molecular weight is 482 g/mol. The van der Waals surface area contributed by atoms with E-state index in [0.29, 0.717) is 29.5 Å². The zero-order valence-electron chi connectivity index (χ0n) is 16.9. The van der Waals surface area contributed by atoms with Crippen molar-refractivity contribution in [3.63, 3.8) is 0 Å². The molecular weight excluding hydrogens is 462 g/mol. The van der Waals surface area contributed by atoms with Gasteiger partial charge in [-0.3, -0.25) is 0 Å². The highest BCUT2D eigenvalue weighted by atomic mass is 32.2. The Balaban J connectivity index is 1.91. The van der Waals surface area contributed by atoms with Crippen LogP contribution in [0.3, 0.4) is 0 Å². The standard InChI is InChI=1S/C21H19F4N5S2/c1-13-27-28-19(31-13)30-20(10-5-11-26,14-6-3-2-4-7-14)32-18(29-30)16-12-15(22)8-9-17(16)21(23,24)25/h2-4,6-9,12H,5,10-11,26H2,1H3. The smallest absolute Gasteiger partial charge is 0.330 e. The number of anilines is 1.